The highest BCUT2D eigenvalue weighted by Gasteiger charge is 2.43. The average molecular weight is 213 g/mol. The van der Waals surface area contributed by atoms with Crippen LogP contribution in [-0.4, -0.2) is 51.6 Å². The molecule has 0 heterocycles. The molecule has 0 aliphatic heterocycles. The highest BCUT2D eigenvalue weighted by Crippen LogP contribution is 2.40. The smallest absolute Gasteiger partial charge is 0.227 e. The summed E-state index contributed by atoms with van der Waals surface area (Å²) in [6.45, 7) is 2.46. The zero-order valence-electron chi connectivity index (χ0n) is 10.1. The Morgan fingerprint density at radius 1 is 1.40 bits per heavy atom. The maximum atomic E-state index is 11.9. The van der Waals surface area contributed by atoms with Crippen LogP contribution in [0, 0.1) is 5.41 Å². The fourth-order valence-corrected chi connectivity index (χ4v) is 2.01. The number of hydrogen-bond donors (Lipinski definition) is 2. The first-order chi connectivity index (χ1) is 7.10. The first-order valence-corrected chi connectivity index (χ1v) is 5.68. The van der Waals surface area contributed by atoms with Crippen LogP contribution in [0.3, 0.4) is 0 Å². The van der Waals surface area contributed by atoms with Gasteiger partial charge in [0.25, 0.3) is 0 Å². The van der Waals surface area contributed by atoms with Crippen molar-refractivity contribution in [2.24, 2.45) is 5.41 Å². The van der Waals surface area contributed by atoms with Gasteiger partial charge in [-0.2, -0.15) is 0 Å². The van der Waals surface area contributed by atoms with Crippen molar-refractivity contribution in [2.75, 3.05) is 40.8 Å². The normalized spacial score (nSPS) is 18.7. The van der Waals surface area contributed by atoms with Gasteiger partial charge in [0.05, 0.1) is 5.41 Å². The third kappa shape index (κ3) is 3.18. The van der Waals surface area contributed by atoms with E-state index in [4.69, 9.17) is 0 Å². The van der Waals surface area contributed by atoms with Gasteiger partial charge in [0.2, 0.25) is 5.91 Å². The lowest BCUT2D eigenvalue weighted by Crippen LogP contribution is -2.51. The highest BCUT2D eigenvalue weighted by atomic mass is 16.2. The minimum absolute atomic E-state index is 0.110. The topological polar surface area (TPSA) is 44.4 Å². The molecule has 4 heteroatoms. The molecule has 1 aliphatic carbocycles. The monoisotopic (exact) mass is 213 g/mol. The van der Waals surface area contributed by atoms with Crippen LogP contribution in [0.4, 0.5) is 0 Å². The van der Waals surface area contributed by atoms with E-state index < -0.39 is 0 Å². The molecule has 2 N–H and O–H groups in total. The SMILES string of the molecule is CNCC1(C(=O)NCCN(C)C)CCC1. The van der Waals surface area contributed by atoms with Gasteiger partial charge >= 0.3 is 0 Å². The molecule has 4 nitrogen and oxygen atoms in total. The lowest BCUT2D eigenvalue weighted by molar-refractivity contribution is -0.135. The van der Waals surface area contributed by atoms with Crippen molar-refractivity contribution < 1.29 is 4.79 Å². The van der Waals surface area contributed by atoms with Crippen molar-refractivity contribution in [3.63, 3.8) is 0 Å². The van der Waals surface area contributed by atoms with Gasteiger partial charge in [-0.15, -0.1) is 0 Å². The summed E-state index contributed by atoms with van der Waals surface area (Å²) in [4.78, 5) is 14.0. The minimum atomic E-state index is -0.110. The van der Waals surface area contributed by atoms with Gasteiger partial charge in [-0.3, -0.25) is 4.79 Å². The molecule has 1 saturated carbocycles. The molecule has 0 atom stereocenters. The Morgan fingerprint density at radius 3 is 2.47 bits per heavy atom. The van der Waals surface area contributed by atoms with Gasteiger partial charge in [0.15, 0.2) is 0 Å². The summed E-state index contributed by atoms with van der Waals surface area (Å²) in [5, 5.41) is 6.14. The molecule has 0 aromatic rings. The maximum Gasteiger partial charge on any atom is 0.227 e. The van der Waals surface area contributed by atoms with E-state index >= 15 is 0 Å². The van der Waals surface area contributed by atoms with E-state index in [-0.39, 0.29) is 11.3 Å². The van der Waals surface area contributed by atoms with Gasteiger partial charge in [-0.1, -0.05) is 6.42 Å². The molecule has 0 unspecified atom stereocenters. The second-order valence-corrected chi connectivity index (χ2v) is 4.72. The Hall–Kier alpha value is -0.610. The second-order valence-electron chi connectivity index (χ2n) is 4.72. The Bertz CT molecular complexity index is 212. The lowest BCUT2D eigenvalue weighted by Gasteiger charge is -2.40. The molecule has 88 valence electrons. The molecular formula is C11H23N3O. The van der Waals surface area contributed by atoms with Crippen LogP contribution in [0.15, 0.2) is 0 Å². The molecule has 0 saturated heterocycles. The van der Waals surface area contributed by atoms with Crippen molar-refractivity contribution >= 4 is 5.91 Å². The van der Waals surface area contributed by atoms with Crippen LogP contribution < -0.4 is 10.6 Å². The van der Waals surface area contributed by atoms with Gasteiger partial charge in [-0.05, 0) is 34.0 Å². The number of hydrogen-bond acceptors (Lipinski definition) is 3. The van der Waals surface area contributed by atoms with Gasteiger partial charge in [0, 0.05) is 19.6 Å². The number of likely N-dealkylation sites (N-methyl/N-ethyl adjacent to an activating group) is 1. The Morgan fingerprint density at radius 2 is 2.07 bits per heavy atom. The van der Waals surface area contributed by atoms with Crippen LogP contribution >= 0.6 is 0 Å². The largest absolute Gasteiger partial charge is 0.354 e. The molecule has 0 radical (unpaired) electrons. The van der Waals surface area contributed by atoms with E-state index in [0.717, 1.165) is 32.5 Å². The third-order valence-electron chi connectivity index (χ3n) is 3.15. The summed E-state index contributed by atoms with van der Waals surface area (Å²) in [5.41, 5.74) is -0.110. The highest BCUT2D eigenvalue weighted by molar-refractivity contribution is 5.83. The summed E-state index contributed by atoms with van der Waals surface area (Å²) in [6.07, 6.45) is 3.24. The van der Waals surface area contributed by atoms with Crippen molar-refractivity contribution in [2.45, 2.75) is 19.3 Å². The Balaban J connectivity index is 2.31. The Labute approximate surface area is 92.4 Å². The number of carbonyl (C=O) groups excluding carboxylic acids is 1. The number of nitrogens with zero attached hydrogens (tertiary/aromatic N) is 1. The zero-order chi connectivity index (χ0) is 11.3. The first kappa shape index (κ1) is 12.5. The van der Waals surface area contributed by atoms with Gasteiger partial charge < -0.3 is 15.5 Å². The van der Waals surface area contributed by atoms with Crippen LogP contribution in [-0.2, 0) is 4.79 Å². The van der Waals surface area contributed by atoms with E-state index in [0.29, 0.717) is 0 Å². The fourth-order valence-electron chi connectivity index (χ4n) is 2.01. The quantitative estimate of drug-likeness (QED) is 0.655. The average Bonchev–Trinajstić information content (AvgIpc) is 2.10. The van der Waals surface area contributed by atoms with Crippen LogP contribution in [0.5, 0.6) is 0 Å². The predicted octanol–water partition coefficient (Wildman–Crippen LogP) is 0.0539. The van der Waals surface area contributed by atoms with E-state index in [9.17, 15) is 4.79 Å². The standard InChI is InChI=1S/C11H23N3O/c1-12-9-11(5-4-6-11)10(15)13-7-8-14(2)3/h12H,4-9H2,1-3H3,(H,13,15). The third-order valence-corrected chi connectivity index (χ3v) is 3.15. The van der Waals surface area contributed by atoms with E-state index in [2.05, 4.69) is 15.5 Å². The molecule has 0 aromatic heterocycles. The van der Waals surface area contributed by atoms with Crippen molar-refractivity contribution in [1.82, 2.24) is 15.5 Å². The molecule has 0 spiro atoms. The van der Waals surface area contributed by atoms with Crippen molar-refractivity contribution in [3.05, 3.63) is 0 Å². The molecule has 0 bridgehead atoms. The summed E-state index contributed by atoms with van der Waals surface area (Å²) < 4.78 is 0. The summed E-state index contributed by atoms with van der Waals surface area (Å²) in [5.74, 6) is 0.227. The predicted molar refractivity (Wildman–Crippen MR) is 61.8 cm³/mol. The molecular weight excluding hydrogens is 190 g/mol. The summed E-state index contributed by atoms with van der Waals surface area (Å²) >= 11 is 0. The number of carbonyl (C=O) groups is 1. The van der Waals surface area contributed by atoms with Gasteiger partial charge in [-0.25, -0.2) is 0 Å². The number of amides is 1. The minimum Gasteiger partial charge on any atom is -0.354 e. The zero-order valence-corrected chi connectivity index (χ0v) is 10.1. The second kappa shape index (κ2) is 5.47. The molecule has 1 rings (SSSR count). The molecule has 0 aromatic carbocycles. The molecule has 1 amide bonds. The van der Waals surface area contributed by atoms with E-state index in [1.165, 1.54) is 6.42 Å². The van der Waals surface area contributed by atoms with E-state index in [1.807, 2.05) is 21.1 Å². The van der Waals surface area contributed by atoms with Crippen LogP contribution in [0.25, 0.3) is 0 Å². The van der Waals surface area contributed by atoms with Crippen LogP contribution in [0.1, 0.15) is 19.3 Å². The molecule has 1 aliphatic rings. The fraction of sp³-hybridized carbons (Fsp3) is 0.909. The summed E-state index contributed by atoms with van der Waals surface area (Å²) in [6, 6.07) is 0. The number of rotatable bonds is 6. The Kier molecular flexibility index (Phi) is 4.54. The first-order valence-electron chi connectivity index (χ1n) is 5.68. The molecule has 1 fully saturated rings. The molecule has 15 heavy (non-hydrogen) atoms. The van der Waals surface area contributed by atoms with Gasteiger partial charge in [0.1, 0.15) is 0 Å². The maximum absolute atomic E-state index is 11.9. The summed E-state index contributed by atoms with van der Waals surface area (Å²) in [7, 11) is 5.94. The van der Waals surface area contributed by atoms with Crippen molar-refractivity contribution in [1.29, 1.82) is 0 Å². The van der Waals surface area contributed by atoms with Crippen LogP contribution in [0.2, 0.25) is 0 Å². The van der Waals surface area contributed by atoms with Crippen molar-refractivity contribution in [3.8, 4) is 0 Å². The number of nitrogens with one attached hydrogen (secondary N) is 2. The van der Waals surface area contributed by atoms with E-state index in [1.54, 1.807) is 0 Å². The lowest BCUT2D eigenvalue weighted by atomic mass is 9.68.